The Morgan fingerprint density at radius 2 is 2.05 bits per heavy atom. The van der Waals surface area contributed by atoms with Crippen LogP contribution < -0.4 is 20.5 Å². The van der Waals surface area contributed by atoms with E-state index in [4.69, 9.17) is 15.2 Å². The van der Waals surface area contributed by atoms with Gasteiger partial charge in [-0.3, -0.25) is 0 Å². The summed E-state index contributed by atoms with van der Waals surface area (Å²) in [6, 6.07) is 6.49. The Morgan fingerprint density at radius 3 is 2.85 bits per heavy atom. The van der Waals surface area contributed by atoms with Crippen molar-refractivity contribution in [3.05, 3.63) is 24.4 Å². The van der Waals surface area contributed by atoms with E-state index in [0.29, 0.717) is 6.04 Å². The van der Waals surface area contributed by atoms with Crippen molar-refractivity contribution in [1.29, 1.82) is 0 Å². The summed E-state index contributed by atoms with van der Waals surface area (Å²) in [6.45, 7) is 0.287. The number of ether oxygens (including phenoxy) is 2. The van der Waals surface area contributed by atoms with Crippen molar-refractivity contribution in [2.24, 2.45) is 5.73 Å². The van der Waals surface area contributed by atoms with E-state index in [0.717, 1.165) is 40.9 Å². The van der Waals surface area contributed by atoms with Gasteiger partial charge in [-0.1, -0.05) is 0 Å². The zero-order chi connectivity index (χ0) is 13.5. The van der Waals surface area contributed by atoms with Crippen LogP contribution in [0.5, 0.6) is 11.5 Å². The van der Waals surface area contributed by atoms with Crippen LogP contribution in [-0.4, -0.2) is 23.9 Å². The summed E-state index contributed by atoms with van der Waals surface area (Å²) in [7, 11) is 0. The number of nitrogens with one attached hydrogen (secondary N) is 1. The SMILES string of the molecule is NC1CCCC1Nc1nccc2cc3c(cc12)OCO3. The molecule has 2 aromatic rings. The lowest BCUT2D eigenvalue weighted by atomic mass is 10.1. The molecule has 5 heteroatoms. The second-order valence-electron chi connectivity index (χ2n) is 5.43. The van der Waals surface area contributed by atoms with E-state index < -0.39 is 0 Å². The normalized spacial score (nSPS) is 24.2. The molecule has 0 bridgehead atoms. The molecule has 2 unspecified atom stereocenters. The number of anilines is 1. The average Bonchev–Trinajstić information content (AvgIpc) is 3.06. The number of nitrogens with zero attached hydrogens (tertiary/aromatic N) is 1. The molecule has 0 spiro atoms. The summed E-state index contributed by atoms with van der Waals surface area (Å²) in [5, 5.41) is 5.64. The van der Waals surface area contributed by atoms with Gasteiger partial charge in [-0.15, -0.1) is 0 Å². The first-order chi connectivity index (χ1) is 9.81. The first-order valence-electron chi connectivity index (χ1n) is 7.02. The molecule has 2 atom stereocenters. The predicted octanol–water partition coefficient (Wildman–Crippen LogP) is 2.26. The molecule has 0 saturated heterocycles. The molecule has 1 aliphatic heterocycles. The highest BCUT2D eigenvalue weighted by Gasteiger charge is 2.25. The summed E-state index contributed by atoms with van der Waals surface area (Å²) in [4.78, 5) is 4.47. The van der Waals surface area contributed by atoms with E-state index in [1.54, 1.807) is 0 Å². The van der Waals surface area contributed by atoms with Gasteiger partial charge >= 0.3 is 0 Å². The Labute approximate surface area is 117 Å². The maximum atomic E-state index is 6.13. The minimum atomic E-state index is 0.209. The molecule has 1 fully saturated rings. The zero-order valence-electron chi connectivity index (χ0n) is 11.1. The fourth-order valence-corrected chi connectivity index (χ4v) is 3.02. The van der Waals surface area contributed by atoms with E-state index in [1.165, 1.54) is 6.42 Å². The minimum absolute atomic E-state index is 0.209. The second-order valence-corrected chi connectivity index (χ2v) is 5.43. The largest absolute Gasteiger partial charge is 0.454 e. The Morgan fingerprint density at radius 1 is 1.20 bits per heavy atom. The maximum Gasteiger partial charge on any atom is 0.231 e. The quantitative estimate of drug-likeness (QED) is 0.876. The highest BCUT2D eigenvalue weighted by atomic mass is 16.7. The highest BCUT2D eigenvalue weighted by Crippen LogP contribution is 2.38. The Hall–Kier alpha value is -2.01. The molecule has 1 aromatic heterocycles. The maximum absolute atomic E-state index is 6.13. The van der Waals surface area contributed by atoms with Crippen molar-refractivity contribution in [1.82, 2.24) is 4.98 Å². The van der Waals surface area contributed by atoms with Gasteiger partial charge in [0.05, 0.1) is 0 Å². The summed E-state index contributed by atoms with van der Waals surface area (Å²) in [5.74, 6) is 2.46. The van der Waals surface area contributed by atoms with Crippen LogP contribution in [-0.2, 0) is 0 Å². The smallest absolute Gasteiger partial charge is 0.231 e. The number of aromatic nitrogens is 1. The first kappa shape index (κ1) is 11.8. The zero-order valence-corrected chi connectivity index (χ0v) is 11.1. The molecule has 2 aliphatic rings. The van der Waals surface area contributed by atoms with Crippen LogP contribution in [0.1, 0.15) is 19.3 Å². The Kier molecular flexibility index (Phi) is 2.67. The van der Waals surface area contributed by atoms with Crippen LogP contribution >= 0.6 is 0 Å². The Bertz CT molecular complexity index is 659. The topological polar surface area (TPSA) is 69.4 Å². The number of fused-ring (bicyclic) bond motifs is 2. The molecule has 104 valence electrons. The van der Waals surface area contributed by atoms with E-state index in [1.807, 2.05) is 24.4 Å². The molecule has 2 heterocycles. The first-order valence-corrected chi connectivity index (χ1v) is 7.02. The molecule has 20 heavy (non-hydrogen) atoms. The summed E-state index contributed by atoms with van der Waals surface area (Å²) >= 11 is 0. The highest BCUT2D eigenvalue weighted by molar-refractivity contribution is 5.94. The number of benzene rings is 1. The van der Waals surface area contributed by atoms with Crippen molar-refractivity contribution in [2.75, 3.05) is 12.1 Å². The van der Waals surface area contributed by atoms with Gasteiger partial charge in [0, 0.05) is 23.7 Å². The monoisotopic (exact) mass is 271 g/mol. The molecule has 1 aromatic carbocycles. The van der Waals surface area contributed by atoms with Crippen molar-refractivity contribution in [3.8, 4) is 11.5 Å². The van der Waals surface area contributed by atoms with Crippen molar-refractivity contribution in [3.63, 3.8) is 0 Å². The third-order valence-electron chi connectivity index (χ3n) is 4.15. The molecule has 1 aliphatic carbocycles. The number of pyridine rings is 1. The van der Waals surface area contributed by atoms with Gasteiger partial charge in [-0.2, -0.15) is 0 Å². The molecular formula is C15H17N3O2. The third kappa shape index (κ3) is 1.86. The molecule has 4 rings (SSSR count). The molecule has 1 saturated carbocycles. The van der Waals surface area contributed by atoms with E-state index in [2.05, 4.69) is 10.3 Å². The van der Waals surface area contributed by atoms with E-state index >= 15 is 0 Å². The van der Waals surface area contributed by atoms with Gasteiger partial charge in [-0.25, -0.2) is 4.98 Å². The number of hydrogen-bond donors (Lipinski definition) is 2. The fraction of sp³-hybridized carbons (Fsp3) is 0.400. The summed E-state index contributed by atoms with van der Waals surface area (Å²) in [5.41, 5.74) is 6.13. The summed E-state index contributed by atoms with van der Waals surface area (Å²) < 4.78 is 10.9. The van der Waals surface area contributed by atoms with Crippen LogP contribution in [0.25, 0.3) is 10.8 Å². The van der Waals surface area contributed by atoms with Gasteiger partial charge in [-0.05, 0) is 42.8 Å². The van der Waals surface area contributed by atoms with Crippen molar-refractivity contribution in [2.45, 2.75) is 31.3 Å². The molecule has 5 nitrogen and oxygen atoms in total. The Balaban J connectivity index is 1.75. The predicted molar refractivity (Wildman–Crippen MR) is 77.1 cm³/mol. The summed E-state index contributed by atoms with van der Waals surface area (Å²) in [6.07, 6.45) is 5.17. The van der Waals surface area contributed by atoms with Gasteiger partial charge in [0.2, 0.25) is 6.79 Å². The number of rotatable bonds is 2. The van der Waals surface area contributed by atoms with Gasteiger partial charge in [0.25, 0.3) is 0 Å². The van der Waals surface area contributed by atoms with Crippen molar-refractivity contribution < 1.29 is 9.47 Å². The van der Waals surface area contributed by atoms with Crippen molar-refractivity contribution >= 4 is 16.6 Å². The minimum Gasteiger partial charge on any atom is -0.454 e. The fourth-order valence-electron chi connectivity index (χ4n) is 3.02. The van der Waals surface area contributed by atoms with Crippen LogP contribution in [0.4, 0.5) is 5.82 Å². The van der Waals surface area contributed by atoms with Gasteiger partial charge < -0.3 is 20.5 Å². The van der Waals surface area contributed by atoms with E-state index in [9.17, 15) is 0 Å². The third-order valence-corrected chi connectivity index (χ3v) is 4.15. The lowest BCUT2D eigenvalue weighted by Gasteiger charge is -2.19. The van der Waals surface area contributed by atoms with Crippen LogP contribution in [0.3, 0.4) is 0 Å². The van der Waals surface area contributed by atoms with Crippen LogP contribution in [0.15, 0.2) is 24.4 Å². The lowest BCUT2D eigenvalue weighted by molar-refractivity contribution is 0.174. The lowest BCUT2D eigenvalue weighted by Crippen LogP contribution is -2.35. The number of nitrogens with two attached hydrogens (primary N) is 1. The van der Waals surface area contributed by atoms with Gasteiger partial charge in [0.15, 0.2) is 11.5 Å². The molecular weight excluding hydrogens is 254 g/mol. The number of hydrogen-bond acceptors (Lipinski definition) is 5. The molecule has 3 N–H and O–H groups in total. The van der Waals surface area contributed by atoms with Gasteiger partial charge in [0.1, 0.15) is 5.82 Å². The van der Waals surface area contributed by atoms with Crippen LogP contribution in [0, 0.1) is 0 Å². The average molecular weight is 271 g/mol. The second kappa shape index (κ2) is 4.52. The van der Waals surface area contributed by atoms with E-state index in [-0.39, 0.29) is 12.8 Å². The molecule has 0 radical (unpaired) electrons. The molecule has 0 amide bonds. The standard InChI is InChI=1S/C15H17N3O2/c16-11-2-1-3-12(11)18-15-10-7-14-13(19-8-20-14)6-9(10)4-5-17-15/h4-7,11-12H,1-3,8,16H2,(H,17,18). The van der Waals surface area contributed by atoms with Crippen LogP contribution in [0.2, 0.25) is 0 Å².